The van der Waals surface area contributed by atoms with Crippen molar-refractivity contribution in [3.05, 3.63) is 24.3 Å². The number of methoxy groups -OCH3 is 1. The van der Waals surface area contributed by atoms with E-state index >= 15 is 0 Å². The molecule has 0 atom stereocenters. The first-order chi connectivity index (χ1) is 11.3. The Balaban J connectivity index is 2.24. The third kappa shape index (κ3) is 8.26. The first-order valence-electron chi connectivity index (χ1n) is 7.98. The number of hydrogen-bond donors (Lipinski definition) is 3. The standard InChI is InChI=1S/C17H28N4O3/c1-17(2,3)24-16(22)20-12-8-7-11-19-15(18)21-13-9-5-6-10-14(13)23-4/h5-6,9-10H,7-8,11-12H2,1-4H3,(H,20,22)(H3,18,19,21). The zero-order valence-corrected chi connectivity index (χ0v) is 14.9. The Morgan fingerprint density at radius 2 is 1.96 bits per heavy atom. The van der Waals surface area contributed by atoms with Crippen LogP contribution in [-0.2, 0) is 4.74 Å². The van der Waals surface area contributed by atoms with Crippen molar-refractivity contribution < 1.29 is 14.3 Å². The van der Waals surface area contributed by atoms with Crippen LogP contribution >= 0.6 is 0 Å². The summed E-state index contributed by atoms with van der Waals surface area (Å²) < 4.78 is 10.4. The number of carbonyl (C=O) groups excluding carboxylic acids is 1. The Morgan fingerprint density at radius 1 is 1.25 bits per heavy atom. The Hall–Kier alpha value is -2.44. The van der Waals surface area contributed by atoms with Crippen molar-refractivity contribution in [2.45, 2.75) is 39.2 Å². The molecule has 0 aliphatic rings. The summed E-state index contributed by atoms with van der Waals surface area (Å²) in [5.41, 5.74) is 6.15. The van der Waals surface area contributed by atoms with Gasteiger partial charge in [0.25, 0.3) is 0 Å². The van der Waals surface area contributed by atoms with Crippen LogP contribution in [0.25, 0.3) is 0 Å². The van der Waals surface area contributed by atoms with E-state index in [-0.39, 0.29) is 0 Å². The normalized spacial score (nSPS) is 11.8. The number of guanidine groups is 1. The van der Waals surface area contributed by atoms with Crippen molar-refractivity contribution in [1.82, 2.24) is 5.32 Å². The molecule has 0 unspecified atom stereocenters. The van der Waals surface area contributed by atoms with Gasteiger partial charge in [0.1, 0.15) is 11.4 Å². The average molecular weight is 336 g/mol. The summed E-state index contributed by atoms with van der Waals surface area (Å²) in [7, 11) is 1.60. The number of alkyl carbamates (subject to hydrolysis) is 1. The number of nitrogens with zero attached hydrogens (tertiary/aromatic N) is 1. The SMILES string of the molecule is COc1ccccc1NC(N)=NCCCCNC(=O)OC(C)(C)C. The van der Waals surface area contributed by atoms with Gasteiger partial charge in [-0.1, -0.05) is 12.1 Å². The molecule has 0 aliphatic heterocycles. The fourth-order valence-corrected chi connectivity index (χ4v) is 1.87. The molecular formula is C17H28N4O3. The van der Waals surface area contributed by atoms with Gasteiger partial charge in [-0.2, -0.15) is 0 Å². The molecule has 1 aromatic carbocycles. The highest BCUT2D eigenvalue weighted by Gasteiger charge is 2.15. The quantitative estimate of drug-likeness (QED) is 0.404. The fraction of sp³-hybridized carbons (Fsp3) is 0.529. The van der Waals surface area contributed by atoms with Gasteiger partial charge in [-0.3, -0.25) is 4.99 Å². The van der Waals surface area contributed by atoms with E-state index in [9.17, 15) is 4.79 Å². The number of amides is 1. The average Bonchev–Trinajstić information content (AvgIpc) is 2.49. The van der Waals surface area contributed by atoms with Crippen LogP contribution in [-0.4, -0.2) is 37.9 Å². The number of ether oxygens (including phenoxy) is 2. The van der Waals surface area contributed by atoms with Crippen LogP contribution in [0.15, 0.2) is 29.3 Å². The second kappa shape index (κ2) is 9.64. The van der Waals surface area contributed by atoms with E-state index in [1.54, 1.807) is 7.11 Å². The highest BCUT2D eigenvalue weighted by atomic mass is 16.6. The van der Waals surface area contributed by atoms with Gasteiger partial charge >= 0.3 is 6.09 Å². The van der Waals surface area contributed by atoms with Crippen molar-refractivity contribution in [2.24, 2.45) is 10.7 Å². The molecule has 1 rings (SSSR count). The van der Waals surface area contributed by atoms with Crippen molar-refractivity contribution >= 4 is 17.7 Å². The summed E-state index contributed by atoms with van der Waals surface area (Å²) in [4.78, 5) is 15.7. The first-order valence-corrected chi connectivity index (χ1v) is 7.98. The van der Waals surface area contributed by atoms with Crippen LogP contribution in [0.1, 0.15) is 33.6 Å². The highest BCUT2D eigenvalue weighted by Crippen LogP contribution is 2.22. The molecule has 1 amide bonds. The van der Waals surface area contributed by atoms with Gasteiger partial charge in [0.05, 0.1) is 12.8 Å². The Kier molecular flexibility index (Phi) is 7.88. The molecule has 0 saturated carbocycles. The molecule has 7 nitrogen and oxygen atoms in total. The Labute approximate surface area is 143 Å². The minimum Gasteiger partial charge on any atom is -0.495 e. The summed E-state index contributed by atoms with van der Waals surface area (Å²) in [6, 6.07) is 7.49. The Morgan fingerprint density at radius 3 is 2.62 bits per heavy atom. The van der Waals surface area contributed by atoms with E-state index in [4.69, 9.17) is 15.2 Å². The maximum Gasteiger partial charge on any atom is 0.407 e. The van der Waals surface area contributed by atoms with E-state index in [1.165, 1.54) is 0 Å². The van der Waals surface area contributed by atoms with Gasteiger partial charge in [0, 0.05) is 13.1 Å². The number of hydrogen-bond acceptors (Lipinski definition) is 4. The van der Waals surface area contributed by atoms with Crippen LogP contribution in [0.4, 0.5) is 10.5 Å². The lowest BCUT2D eigenvalue weighted by molar-refractivity contribution is 0.0527. The van der Waals surface area contributed by atoms with Crippen LogP contribution in [0.2, 0.25) is 0 Å². The molecule has 0 aliphatic carbocycles. The lowest BCUT2D eigenvalue weighted by Crippen LogP contribution is -2.33. The van der Waals surface area contributed by atoms with Gasteiger partial charge < -0.3 is 25.8 Å². The van der Waals surface area contributed by atoms with Gasteiger partial charge in [-0.05, 0) is 45.7 Å². The zero-order valence-electron chi connectivity index (χ0n) is 14.9. The smallest absolute Gasteiger partial charge is 0.407 e. The number of anilines is 1. The second-order valence-electron chi connectivity index (χ2n) is 6.23. The largest absolute Gasteiger partial charge is 0.495 e. The molecular weight excluding hydrogens is 308 g/mol. The molecule has 0 bridgehead atoms. The third-order valence-electron chi connectivity index (χ3n) is 2.90. The lowest BCUT2D eigenvalue weighted by Gasteiger charge is -2.19. The number of benzene rings is 1. The predicted octanol–water partition coefficient (Wildman–Crippen LogP) is 2.73. The Bertz CT molecular complexity index is 553. The number of carbonyl (C=O) groups is 1. The number of para-hydroxylation sites is 2. The minimum absolute atomic E-state index is 0.333. The van der Waals surface area contributed by atoms with Crippen molar-refractivity contribution in [1.29, 1.82) is 0 Å². The summed E-state index contributed by atoms with van der Waals surface area (Å²) in [6.07, 6.45) is 1.21. The molecule has 134 valence electrons. The van der Waals surface area contributed by atoms with Crippen molar-refractivity contribution in [3.63, 3.8) is 0 Å². The molecule has 1 aromatic rings. The molecule has 0 fully saturated rings. The van der Waals surface area contributed by atoms with E-state index < -0.39 is 11.7 Å². The molecule has 7 heteroatoms. The summed E-state index contributed by atoms with van der Waals surface area (Å²) in [6.45, 7) is 6.62. The topological polar surface area (TPSA) is 98.0 Å². The number of aliphatic imine (C=N–C) groups is 1. The third-order valence-corrected chi connectivity index (χ3v) is 2.90. The summed E-state index contributed by atoms with van der Waals surface area (Å²) in [5, 5.41) is 5.72. The lowest BCUT2D eigenvalue weighted by atomic mass is 10.2. The van der Waals surface area contributed by atoms with E-state index in [2.05, 4.69) is 15.6 Å². The van der Waals surface area contributed by atoms with Crippen molar-refractivity contribution in [3.8, 4) is 5.75 Å². The van der Waals surface area contributed by atoms with Gasteiger partial charge in [0.2, 0.25) is 0 Å². The van der Waals surface area contributed by atoms with Crippen LogP contribution in [0.5, 0.6) is 5.75 Å². The van der Waals surface area contributed by atoms with Crippen LogP contribution < -0.4 is 21.1 Å². The highest BCUT2D eigenvalue weighted by molar-refractivity contribution is 5.93. The maximum atomic E-state index is 11.5. The van der Waals surface area contributed by atoms with E-state index in [1.807, 2.05) is 45.0 Å². The number of rotatable bonds is 7. The molecule has 4 N–H and O–H groups in total. The van der Waals surface area contributed by atoms with Crippen LogP contribution in [0.3, 0.4) is 0 Å². The second-order valence-corrected chi connectivity index (χ2v) is 6.23. The zero-order chi connectivity index (χ0) is 18.0. The molecule has 0 heterocycles. The summed E-state index contributed by atoms with van der Waals surface area (Å²) >= 11 is 0. The fourth-order valence-electron chi connectivity index (χ4n) is 1.87. The molecule has 0 aromatic heterocycles. The minimum atomic E-state index is -0.479. The molecule has 24 heavy (non-hydrogen) atoms. The molecule has 0 spiro atoms. The summed E-state index contributed by atoms with van der Waals surface area (Å²) in [5.74, 6) is 1.04. The van der Waals surface area contributed by atoms with Gasteiger partial charge in [0.15, 0.2) is 5.96 Å². The predicted molar refractivity (Wildman–Crippen MR) is 96.6 cm³/mol. The molecule has 0 saturated heterocycles. The maximum absolute atomic E-state index is 11.5. The van der Waals surface area contributed by atoms with Crippen molar-refractivity contribution in [2.75, 3.05) is 25.5 Å². The number of nitrogens with two attached hydrogens (primary N) is 1. The van der Waals surface area contributed by atoms with Crippen LogP contribution in [0, 0.1) is 0 Å². The number of unbranched alkanes of at least 4 members (excludes halogenated alkanes) is 1. The number of nitrogens with one attached hydrogen (secondary N) is 2. The molecule has 0 radical (unpaired) electrons. The van der Waals surface area contributed by atoms with Gasteiger partial charge in [-0.15, -0.1) is 0 Å². The first kappa shape index (κ1) is 19.6. The van der Waals surface area contributed by atoms with E-state index in [0.717, 1.165) is 18.5 Å². The van der Waals surface area contributed by atoms with Gasteiger partial charge in [-0.25, -0.2) is 4.79 Å². The van der Waals surface area contributed by atoms with E-state index in [0.29, 0.717) is 24.8 Å². The monoisotopic (exact) mass is 336 g/mol.